The molecule has 0 bridgehead atoms. The van der Waals surface area contributed by atoms with Gasteiger partial charge >= 0.3 is 11.9 Å². The molecule has 0 aromatic heterocycles. The molecule has 1 aromatic rings. The van der Waals surface area contributed by atoms with Crippen LogP contribution in [0.2, 0.25) is 0 Å². The van der Waals surface area contributed by atoms with Crippen LogP contribution < -0.4 is 45.0 Å². The molecular formula is C68H118N10O13. The van der Waals surface area contributed by atoms with E-state index in [1.165, 1.54) is 32.9 Å². The van der Waals surface area contributed by atoms with Gasteiger partial charge in [0.05, 0.1) is 54.9 Å². The number of ketones is 3. The van der Waals surface area contributed by atoms with Crippen molar-refractivity contribution in [1.82, 2.24) is 20.4 Å². The predicted octanol–water partition coefficient (Wildman–Crippen LogP) is 5.40. The maximum absolute atomic E-state index is 17.6. The zero-order valence-corrected chi connectivity index (χ0v) is 58.6. The van der Waals surface area contributed by atoms with Crippen LogP contribution in [0.5, 0.6) is 0 Å². The minimum Gasteiger partial charge on any atom is -0.460 e. The topological polar surface area (TPSA) is 393 Å². The summed E-state index contributed by atoms with van der Waals surface area (Å²) >= 11 is 0. The Kier molecular flexibility index (Phi) is 33.9. The van der Waals surface area contributed by atoms with Gasteiger partial charge in [0, 0.05) is 12.5 Å². The fourth-order valence-electron chi connectivity index (χ4n) is 11.3. The Morgan fingerprint density at radius 2 is 0.736 bits per heavy atom. The molecule has 1 aromatic carbocycles. The molecule has 0 aliphatic rings. The lowest BCUT2D eigenvalue weighted by Crippen LogP contribution is -2.75. The number of esters is 2. The van der Waals surface area contributed by atoms with E-state index in [0.29, 0.717) is 9.80 Å². The fourth-order valence-corrected chi connectivity index (χ4v) is 11.3. The third-order valence-electron chi connectivity index (χ3n) is 15.4. The lowest BCUT2D eigenvalue weighted by atomic mass is 9.52. The van der Waals surface area contributed by atoms with Crippen LogP contribution in [0, 0.1) is 64.1 Å². The van der Waals surface area contributed by atoms with Gasteiger partial charge in [0.25, 0.3) is 0 Å². The number of amides is 6. The van der Waals surface area contributed by atoms with E-state index in [4.69, 9.17) is 43.9 Å². The van der Waals surface area contributed by atoms with Crippen molar-refractivity contribution >= 4 is 64.7 Å². The van der Waals surface area contributed by atoms with Crippen LogP contribution in [0.25, 0.3) is 0 Å². The molecule has 0 aliphatic heterocycles. The van der Waals surface area contributed by atoms with Crippen LogP contribution in [-0.4, -0.2) is 142 Å². The number of hydrogen-bond donors (Lipinski definition) is 8. The fraction of sp³-hybridized carbons (Fsp3) is 0.750. The Hall–Kier alpha value is -5.85. The predicted molar refractivity (Wildman–Crippen MR) is 352 cm³/mol. The molecule has 11 atom stereocenters. The first kappa shape index (κ1) is 83.2. The molecule has 23 nitrogen and oxygen atoms in total. The molecule has 0 saturated heterocycles. The van der Waals surface area contributed by atoms with Gasteiger partial charge in [-0.2, -0.15) is 0 Å². The van der Waals surface area contributed by atoms with Crippen molar-refractivity contribution < 1.29 is 62.2 Å². The number of carbonyl (C=O) groups is 11. The third-order valence-corrected chi connectivity index (χ3v) is 15.4. The van der Waals surface area contributed by atoms with Crippen molar-refractivity contribution in [3.8, 4) is 0 Å². The summed E-state index contributed by atoms with van der Waals surface area (Å²) < 4.78 is 12.6. The zero-order valence-electron chi connectivity index (χ0n) is 58.6. The maximum atomic E-state index is 17.6. The normalized spacial score (nSPS) is 16.5. The number of rotatable bonds is 39. The lowest BCUT2D eigenvalue weighted by Gasteiger charge is -2.49. The van der Waals surface area contributed by atoms with Crippen LogP contribution in [0.15, 0.2) is 30.3 Å². The molecule has 91 heavy (non-hydrogen) atoms. The van der Waals surface area contributed by atoms with Gasteiger partial charge in [0.15, 0.2) is 22.8 Å². The smallest absolute Gasteiger partial charge is 0.329 e. The van der Waals surface area contributed by atoms with E-state index in [1.54, 1.807) is 129 Å². The summed E-state index contributed by atoms with van der Waals surface area (Å²) in [5.74, 6) is -20.2. The van der Waals surface area contributed by atoms with E-state index in [-0.39, 0.29) is 79.6 Å². The summed E-state index contributed by atoms with van der Waals surface area (Å²) in [4.78, 5) is 179. The number of ether oxygens (including phenoxy) is 2. The van der Waals surface area contributed by atoms with Gasteiger partial charge in [-0.15, -0.1) is 0 Å². The van der Waals surface area contributed by atoms with E-state index in [1.807, 2.05) is 0 Å². The molecule has 0 spiro atoms. The number of Topliss-reactive ketones (excluding diaryl/α,β-unsaturated/α-hetero) is 3. The summed E-state index contributed by atoms with van der Waals surface area (Å²) in [7, 11) is 0. The summed E-state index contributed by atoms with van der Waals surface area (Å²) in [6, 6.07) is -5.03. The highest BCUT2D eigenvalue weighted by Gasteiger charge is 2.77. The highest BCUT2D eigenvalue weighted by molar-refractivity contribution is 6.33. The second-order valence-electron chi connectivity index (χ2n) is 29.6. The Labute approximate surface area is 543 Å². The zero-order chi connectivity index (χ0) is 70.5. The molecule has 23 heteroatoms. The van der Waals surface area contributed by atoms with Crippen molar-refractivity contribution in [2.75, 3.05) is 13.1 Å². The number of nitrogens with zero attached hydrogens (tertiary/aromatic N) is 2. The Bertz CT molecular complexity index is 2550. The van der Waals surface area contributed by atoms with Crippen LogP contribution in [0.1, 0.15) is 195 Å². The summed E-state index contributed by atoms with van der Waals surface area (Å²) in [6.07, 6.45) is -1.03. The van der Waals surface area contributed by atoms with Crippen molar-refractivity contribution in [1.29, 1.82) is 0 Å². The summed E-state index contributed by atoms with van der Waals surface area (Å²) in [6.45, 7) is 29.5. The molecule has 0 aliphatic carbocycles. The van der Waals surface area contributed by atoms with Gasteiger partial charge in [-0.1, -0.05) is 148 Å². The average molecular weight is 1280 g/mol. The monoisotopic (exact) mass is 1280 g/mol. The third kappa shape index (κ3) is 24.5. The van der Waals surface area contributed by atoms with E-state index >= 15 is 33.6 Å². The molecule has 518 valence electrons. The van der Waals surface area contributed by atoms with Gasteiger partial charge in [0.2, 0.25) is 40.9 Å². The summed E-state index contributed by atoms with van der Waals surface area (Å²) in [5.41, 5.74) is 30.1. The van der Waals surface area contributed by atoms with Crippen molar-refractivity contribution in [2.45, 2.75) is 250 Å². The largest absolute Gasteiger partial charge is 0.460 e. The molecule has 0 fully saturated rings. The minimum absolute atomic E-state index is 0.0185. The Morgan fingerprint density at radius 3 is 1.07 bits per heavy atom. The standard InChI is InChI=1S/C68H118N10O13/c1-37(2)26-47(69)58(82)75-53(32-43(13)14)56(80)67(64(88)90-35-46-24-22-21-23-25-46,36-78(62(86)51(73)30-41(9)10)63(87)52(74)31-42(11)12)68(65(89)91-66(18,19)20,57(81)54(33-44(15)16)76-59(83)48(70)27-38(3)4)55(79)45(17)34-77(60(84)49(71)28-39(5)6)61(85)50(72)29-40(7)8/h21-25,37-45,47-54H,26-36,69-74H2,1-20H3,(H,75,82)(H,76,83)/t45?,47-,48-,49-,50-,51-,52-,53-,54-,67?,68?/m0/s1. The van der Waals surface area contributed by atoms with Crippen LogP contribution in [-0.2, 0) is 68.8 Å². The van der Waals surface area contributed by atoms with E-state index in [0.717, 1.165) is 6.92 Å². The average Bonchev–Trinajstić information content (AvgIpc) is 0.696. The number of nitrogens with one attached hydrogen (secondary N) is 2. The van der Waals surface area contributed by atoms with Crippen LogP contribution >= 0.6 is 0 Å². The van der Waals surface area contributed by atoms with Gasteiger partial charge in [-0.25, -0.2) is 0 Å². The molecule has 6 amide bonds. The van der Waals surface area contributed by atoms with Gasteiger partial charge in [0.1, 0.15) is 12.2 Å². The molecule has 14 N–H and O–H groups in total. The van der Waals surface area contributed by atoms with Gasteiger partial charge < -0.3 is 54.5 Å². The minimum atomic E-state index is -4.14. The lowest BCUT2D eigenvalue weighted by molar-refractivity contribution is -0.199. The molecule has 1 rings (SSSR count). The van der Waals surface area contributed by atoms with E-state index in [2.05, 4.69) is 10.6 Å². The second-order valence-corrected chi connectivity index (χ2v) is 29.6. The Balaban J connectivity index is 5.82. The number of hydrogen-bond acceptors (Lipinski definition) is 19. The van der Waals surface area contributed by atoms with Gasteiger partial charge in [-0.05, 0) is 125 Å². The first-order valence-corrected chi connectivity index (χ1v) is 32.7. The number of nitrogens with two attached hydrogens (primary N) is 6. The van der Waals surface area contributed by atoms with Gasteiger partial charge in [-0.3, -0.25) is 62.5 Å². The van der Waals surface area contributed by atoms with E-state index < -0.39 is 180 Å². The van der Waals surface area contributed by atoms with Crippen molar-refractivity contribution in [3.63, 3.8) is 0 Å². The molecule has 0 radical (unpaired) electrons. The highest BCUT2D eigenvalue weighted by Crippen LogP contribution is 2.51. The SMILES string of the molecule is CC(C)C[C@H](NC(=O)[C@@H](N)CC(C)C)C(=O)C(CN(C(=O)[C@@H](N)CC(C)C)C(=O)[C@@H](N)CC(C)C)(C(=O)OCc1ccccc1)C(C(=O)OC(C)(C)C)(C(=O)C(C)CN(C(=O)[C@@H](N)CC(C)C)C(=O)[C@@H](N)CC(C)C)C(=O)[C@H](CC(C)C)NC(=O)[C@@H](N)CC(C)C. The van der Waals surface area contributed by atoms with Crippen molar-refractivity contribution in [3.05, 3.63) is 35.9 Å². The van der Waals surface area contributed by atoms with Crippen LogP contribution in [0.3, 0.4) is 0 Å². The number of imide groups is 2. The second kappa shape index (κ2) is 37.1. The molecule has 0 heterocycles. The number of benzene rings is 1. The summed E-state index contributed by atoms with van der Waals surface area (Å²) in [5, 5.41) is 5.35. The highest BCUT2D eigenvalue weighted by atomic mass is 16.6. The number of carbonyl (C=O) groups excluding carboxylic acids is 11. The van der Waals surface area contributed by atoms with Crippen LogP contribution in [0.4, 0.5) is 0 Å². The Morgan fingerprint density at radius 1 is 0.418 bits per heavy atom. The molecular weight excluding hydrogens is 1160 g/mol. The first-order chi connectivity index (χ1) is 41.8. The van der Waals surface area contributed by atoms with Crippen molar-refractivity contribution in [2.24, 2.45) is 98.5 Å². The quantitative estimate of drug-likeness (QED) is 0.0302. The molecule has 3 unspecified atom stereocenters. The van der Waals surface area contributed by atoms with E-state index in [9.17, 15) is 19.2 Å². The molecule has 0 saturated carbocycles. The maximum Gasteiger partial charge on any atom is 0.329 e. The first-order valence-electron chi connectivity index (χ1n) is 32.7.